The van der Waals surface area contributed by atoms with Crippen LogP contribution in [0.25, 0.3) is 5.69 Å². The third kappa shape index (κ3) is 2.81. The zero-order chi connectivity index (χ0) is 16.5. The van der Waals surface area contributed by atoms with Gasteiger partial charge in [-0.15, -0.1) is 0 Å². The van der Waals surface area contributed by atoms with Gasteiger partial charge in [0.05, 0.1) is 17.4 Å². The number of fused-ring (bicyclic) bond motifs is 1. The van der Waals surface area contributed by atoms with Crippen molar-refractivity contribution in [3.63, 3.8) is 0 Å². The summed E-state index contributed by atoms with van der Waals surface area (Å²) in [5, 5.41) is 8.57. The fourth-order valence-electron chi connectivity index (χ4n) is 3.99. The molecule has 3 heterocycles. The maximum absolute atomic E-state index is 13.3. The molecule has 1 aromatic heterocycles. The first-order chi connectivity index (χ1) is 11.7. The number of nitrogens with one attached hydrogen (secondary N) is 1. The molecule has 4 nitrogen and oxygen atoms in total. The molecule has 0 bridgehead atoms. The minimum absolute atomic E-state index is 0.211. The summed E-state index contributed by atoms with van der Waals surface area (Å²) in [6.45, 7) is 2.11. The Morgan fingerprint density at radius 3 is 2.75 bits per heavy atom. The number of likely N-dealkylation sites (tertiary alicyclic amines) is 1. The van der Waals surface area contributed by atoms with Gasteiger partial charge in [-0.2, -0.15) is 5.10 Å². The molecule has 1 aromatic carbocycles. The Kier molecular flexibility index (Phi) is 4.27. The van der Waals surface area contributed by atoms with Crippen molar-refractivity contribution in [1.82, 2.24) is 14.7 Å². The summed E-state index contributed by atoms with van der Waals surface area (Å²) >= 11 is 0. The van der Waals surface area contributed by atoms with E-state index < -0.39 is 0 Å². The zero-order valence-electron chi connectivity index (χ0n) is 14.3. The Labute approximate surface area is 142 Å². The normalized spacial score (nSPS) is 21.8. The van der Waals surface area contributed by atoms with Crippen LogP contribution < -0.4 is 5.32 Å². The second-order valence-electron chi connectivity index (χ2n) is 6.98. The lowest BCUT2D eigenvalue weighted by Crippen LogP contribution is -2.30. The van der Waals surface area contributed by atoms with Crippen LogP contribution in [0, 0.1) is 5.82 Å². The number of benzene rings is 1. The molecule has 1 unspecified atom stereocenters. The molecule has 0 spiro atoms. The SMILES string of the molecule is CN1CCCCC1c1nn(-c2ccc(F)cc2)c2c1CCCCN2. The van der Waals surface area contributed by atoms with Crippen LogP contribution in [0.15, 0.2) is 24.3 Å². The van der Waals surface area contributed by atoms with E-state index in [1.807, 2.05) is 16.8 Å². The summed E-state index contributed by atoms with van der Waals surface area (Å²) in [4.78, 5) is 2.44. The average molecular weight is 328 g/mol. The van der Waals surface area contributed by atoms with Gasteiger partial charge in [0, 0.05) is 12.1 Å². The Hall–Kier alpha value is -1.88. The van der Waals surface area contributed by atoms with Gasteiger partial charge < -0.3 is 5.32 Å². The number of aromatic nitrogens is 2. The zero-order valence-corrected chi connectivity index (χ0v) is 14.3. The molecule has 0 aliphatic carbocycles. The quantitative estimate of drug-likeness (QED) is 0.907. The number of halogens is 1. The Morgan fingerprint density at radius 2 is 1.96 bits per heavy atom. The van der Waals surface area contributed by atoms with Crippen LogP contribution in [-0.2, 0) is 6.42 Å². The first-order valence-electron chi connectivity index (χ1n) is 9.06. The van der Waals surface area contributed by atoms with Gasteiger partial charge in [0.25, 0.3) is 0 Å². The van der Waals surface area contributed by atoms with Gasteiger partial charge in [0.2, 0.25) is 0 Å². The van der Waals surface area contributed by atoms with Crippen molar-refractivity contribution in [2.45, 2.75) is 44.6 Å². The predicted octanol–water partition coefficient (Wildman–Crippen LogP) is 3.92. The number of hydrogen-bond acceptors (Lipinski definition) is 3. The summed E-state index contributed by atoms with van der Waals surface area (Å²) in [7, 11) is 2.21. The molecule has 0 amide bonds. The number of rotatable bonds is 2. The maximum Gasteiger partial charge on any atom is 0.133 e. The van der Waals surface area contributed by atoms with Crippen molar-refractivity contribution >= 4 is 5.82 Å². The molecule has 1 atom stereocenters. The highest BCUT2D eigenvalue weighted by molar-refractivity contribution is 5.55. The van der Waals surface area contributed by atoms with E-state index in [4.69, 9.17) is 5.10 Å². The smallest absolute Gasteiger partial charge is 0.133 e. The van der Waals surface area contributed by atoms with Gasteiger partial charge in [0.15, 0.2) is 0 Å². The number of hydrogen-bond donors (Lipinski definition) is 1. The van der Waals surface area contributed by atoms with E-state index in [0.29, 0.717) is 6.04 Å². The van der Waals surface area contributed by atoms with Gasteiger partial charge in [-0.3, -0.25) is 4.90 Å². The third-order valence-electron chi connectivity index (χ3n) is 5.32. The average Bonchev–Trinajstić information content (AvgIpc) is 2.78. The van der Waals surface area contributed by atoms with Crippen LogP contribution in [0.4, 0.5) is 10.2 Å². The molecule has 1 N–H and O–H groups in total. The molecule has 4 rings (SSSR count). The van der Waals surface area contributed by atoms with E-state index in [-0.39, 0.29) is 5.82 Å². The first-order valence-corrected chi connectivity index (χ1v) is 9.06. The summed E-state index contributed by atoms with van der Waals surface area (Å²) in [5.74, 6) is 0.894. The van der Waals surface area contributed by atoms with Crippen LogP contribution in [0.1, 0.15) is 49.4 Å². The second-order valence-corrected chi connectivity index (χ2v) is 6.98. The molecule has 2 aliphatic rings. The van der Waals surface area contributed by atoms with Crippen molar-refractivity contribution in [2.75, 3.05) is 25.5 Å². The summed E-state index contributed by atoms with van der Waals surface area (Å²) in [5.41, 5.74) is 3.49. The standard InChI is InChI=1S/C19H25FN4/c1-23-13-5-3-7-17(23)18-16-6-2-4-12-21-19(16)24(22-18)15-10-8-14(20)9-11-15/h8-11,17,21H,2-7,12-13H2,1H3. The molecule has 2 aromatic rings. The molecule has 0 radical (unpaired) electrons. The van der Waals surface area contributed by atoms with E-state index in [1.165, 1.54) is 55.5 Å². The lowest BCUT2D eigenvalue weighted by atomic mass is 9.96. The molecule has 1 fully saturated rings. The van der Waals surface area contributed by atoms with Crippen LogP contribution in [0.5, 0.6) is 0 Å². The van der Waals surface area contributed by atoms with Gasteiger partial charge in [-0.05, 0) is 70.0 Å². The molecule has 2 aliphatic heterocycles. The van der Waals surface area contributed by atoms with Crippen molar-refractivity contribution in [3.8, 4) is 5.69 Å². The largest absolute Gasteiger partial charge is 0.370 e. The molecule has 5 heteroatoms. The van der Waals surface area contributed by atoms with Crippen molar-refractivity contribution < 1.29 is 4.39 Å². The van der Waals surface area contributed by atoms with Crippen molar-refractivity contribution in [2.24, 2.45) is 0 Å². The summed E-state index contributed by atoms with van der Waals surface area (Å²) in [6, 6.07) is 7.03. The highest BCUT2D eigenvalue weighted by Gasteiger charge is 2.29. The van der Waals surface area contributed by atoms with Crippen molar-refractivity contribution in [1.29, 1.82) is 0 Å². The lowest BCUT2D eigenvalue weighted by molar-refractivity contribution is 0.182. The van der Waals surface area contributed by atoms with Gasteiger partial charge in [-0.1, -0.05) is 6.42 Å². The first kappa shape index (κ1) is 15.6. The summed E-state index contributed by atoms with van der Waals surface area (Å²) in [6.07, 6.45) is 7.15. The topological polar surface area (TPSA) is 33.1 Å². The van der Waals surface area contributed by atoms with E-state index in [2.05, 4.69) is 17.3 Å². The highest BCUT2D eigenvalue weighted by atomic mass is 19.1. The van der Waals surface area contributed by atoms with E-state index in [1.54, 1.807) is 0 Å². The van der Waals surface area contributed by atoms with E-state index in [0.717, 1.165) is 31.0 Å². The lowest BCUT2D eigenvalue weighted by Gasteiger charge is -2.31. The van der Waals surface area contributed by atoms with Crippen molar-refractivity contribution in [3.05, 3.63) is 41.3 Å². The third-order valence-corrected chi connectivity index (χ3v) is 5.32. The van der Waals surface area contributed by atoms with Crippen LogP contribution in [0.3, 0.4) is 0 Å². The maximum atomic E-state index is 13.3. The van der Waals surface area contributed by atoms with Gasteiger partial charge >= 0.3 is 0 Å². The molecule has 24 heavy (non-hydrogen) atoms. The fourth-order valence-corrected chi connectivity index (χ4v) is 3.99. The monoisotopic (exact) mass is 328 g/mol. The minimum Gasteiger partial charge on any atom is -0.370 e. The Morgan fingerprint density at radius 1 is 1.12 bits per heavy atom. The number of anilines is 1. The fraction of sp³-hybridized carbons (Fsp3) is 0.526. The molecule has 128 valence electrons. The molecular weight excluding hydrogens is 303 g/mol. The second kappa shape index (κ2) is 6.55. The van der Waals surface area contributed by atoms with Crippen LogP contribution in [0.2, 0.25) is 0 Å². The Bertz CT molecular complexity index is 707. The van der Waals surface area contributed by atoms with Crippen LogP contribution in [-0.4, -0.2) is 34.8 Å². The Balaban J connectivity index is 1.80. The molecule has 0 saturated carbocycles. The number of piperidine rings is 1. The summed E-state index contributed by atoms with van der Waals surface area (Å²) < 4.78 is 15.3. The minimum atomic E-state index is -0.211. The number of nitrogens with zero attached hydrogens (tertiary/aromatic N) is 3. The van der Waals surface area contributed by atoms with Gasteiger partial charge in [0.1, 0.15) is 11.6 Å². The van der Waals surface area contributed by atoms with E-state index in [9.17, 15) is 4.39 Å². The highest BCUT2D eigenvalue weighted by Crippen LogP contribution is 2.36. The molecule has 1 saturated heterocycles. The molecular formula is C19H25FN4. The predicted molar refractivity (Wildman–Crippen MR) is 94.2 cm³/mol. The van der Waals surface area contributed by atoms with Crippen LogP contribution >= 0.6 is 0 Å². The van der Waals surface area contributed by atoms with Gasteiger partial charge in [-0.25, -0.2) is 9.07 Å². The van der Waals surface area contributed by atoms with E-state index >= 15 is 0 Å².